The molecule has 0 fully saturated rings. The molecule has 0 unspecified atom stereocenters. The highest BCUT2D eigenvalue weighted by Gasteiger charge is 2.11. The Kier molecular flexibility index (Phi) is 1.66. The van der Waals surface area contributed by atoms with Gasteiger partial charge in [0.1, 0.15) is 18.8 Å². The fraction of sp³-hybridized carbons (Fsp3) is 0.250. The van der Waals surface area contributed by atoms with E-state index < -0.39 is 0 Å². The second-order valence-corrected chi connectivity index (χ2v) is 2.69. The molecule has 0 spiro atoms. The maximum atomic E-state index is 4.20. The third-order valence-electron chi connectivity index (χ3n) is 1.69. The fourth-order valence-corrected chi connectivity index (χ4v) is 1.10. The minimum atomic E-state index is 0.775. The second kappa shape index (κ2) is 2.81. The van der Waals surface area contributed by atoms with Crippen molar-refractivity contribution in [1.29, 1.82) is 0 Å². The Morgan fingerprint density at radius 1 is 1.42 bits per heavy atom. The Balaban J connectivity index is 2.18. The smallest absolute Gasteiger partial charge is 0.135 e. The van der Waals surface area contributed by atoms with Crippen LogP contribution in [0.5, 0.6) is 0 Å². The first-order valence-electron chi connectivity index (χ1n) is 3.79. The minimum absolute atomic E-state index is 0.775. The summed E-state index contributed by atoms with van der Waals surface area (Å²) in [7, 11) is 1.93. The molecule has 2 rings (SSSR count). The number of aromatic nitrogens is 1. The van der Waals surface area contributed by atoms with Gasteiger partial charge in [-0.3, -0.25) is 9.91 Å². The van der Waals surface area contributed by atoms with Crippen LogP contribution in [-0.4, -0.2) is 30.0 Å². The molecule has 4 heteroatoms. The molecule has 12 heavy (non-hydrogen) atoms. The van der Waals surface area contributed by atoms with Gasteiger partial charge in [-0.2, -0.15) is 5.10 Å². The van der Waals surface area contributed by atoms with Crippen molar-refractivity contribution in [2.24, 2.45) is 5.10 Å². The summed E-state index contributed by atoms with van der Waals surface area (Å²) < 4.78 is 0. The zero-order valence-electron chi connectivity index (χ0n) is 6.88. The van der Waals surface area contributed by atoms with Gasteiger partial charge in [-0.25, -0.2) is 4.98 Å². The van der Waals surface area contributed by atoms with Crippen LogP contribution >= 0.6 is 0 Å². The Bertz CT molecular complexity index is 282. The lowest BCUT2D eigenvalue weighted by Gasteiger charge is -2.13. The maximum Gasteiger partial charge on any atom is 0.135 e. The number of hydrazone groups is 1. The number of hydrogen-bond acceptors (Lipinski definition) is 4. The molecule has 1 aliphatic heterocycles. The molecule has 0 radical (unpaired) electrons. The van der Waals surface area contributed by atoms with Crippen LogP contribution in [-0.2, 0) is 0 Å². The van der Waals surface area contributed by atoms with Crippen LogP contribution in [0.2, 0.25) is 0 Å². The molecule has 0 amide bonds. The van der Waals surface area contributed by atoms with Crippen molar-refractivity contribution in [3.63, 3.8) is 0 Å². The van der Waals surface area contributed by atoms with Gasteiger partial charge in [0.25, 0.3) is 0 Å². The SMILES string of the molecule is CN1CN(c2ccccn2)C=N1. The molecule has 2 heterocycles. The van der Waals surface area contributed by atoms with E-state index in [0.717, 1.165) is 12.5 Å². The van der Waals surface area contributed by atoms with Crippen molar-refractivity contribution >= 4 is 12.2 Å². The first kappa shape index (κ1) is 7.09. The number of rotatable bonds is 1. The lowest BCUT2D eigenvalue weighted by Crippen LogP contribution is -2.24. The first-order chi connectivity index (χ1) is 5.86. The average Bonchev–Trinajstić information content (AvgIpc) is 2.54. The van der Waals surface area contributed by atoms with Crippen molar-refractivity contribution < 1.29 is 0 Å². The Labute approximate surface area is 71.1 Å². The third kappa shape index (κ3) is 1.23. The fourth-order valence-electron chi connectivity index (χ4n) is 1.10. The van der Waals surface area contributed by atoms with Gasteiger partial charge in [0.05, 0.1) is 0 Å². The minimum Gasteiger partial charge on any atom is -0.296 e. The lowest BCUT2D eigenvalue weighted by molar-refractivity contribution is 0.392. The van der Waals surface area contributed by atoms with Gasteiger partial charge in [-0.1, -0.05) is 6.07 Å². The highest BCUT2D eigenvalue weighted by atomic mass is 15.6. The summed E-state index contributed by atoms with van der Waals surface area (Å²) in [5.74, 6) is 0.936. The highest BCUT2D eigenvalue weighted by molar-refractivity contribution is 5.78. The largest absolute Gasteiger partial charge is 0.296 e. The normalized spacial score (nSPS) is 15.8. The van der Waals surface area contributed by atoms with Gasteiger partial charge in [0.2, 0.25) is 0 Å². The van der Waals surface area contributed by atoms with Crippen LogP contribution in [0.25, 0.3) is 0 Å². The number of nitrogens with zero attached hydrogens (tertiary/aromatic N) is 4. The molecular formula is C8H10N4. The molecule has 1 aromatic rings. The van der Waals surface area contributed by atoms with Crippen LogP contribution in [0.4, 0.5) is 5.82 Å². The van der Waals surface area contributed by atoms with Crippen LogP contribution in [0.3, 0.4) is 0 Å². The molecule has 0 saturated heterocycles. The Morgan fingerprint density at radius 3 is 2.92 bits per heavy atom. The molecule has 0 atom stereocenters. The summed E-state index contributed by atoms with van der Waals surface area (Å²) in [6, 6.07) is 5.83. The van der Waals surface area contributed by atoms with Crippen molar-refractivity contribution in [2.45, 2.75) is 0 Å². The first-order valence-corrected chi connectivity index (χ1v) is 3.79. The van der Waals surface area contributed by atoms with Crippen LogP contribution in [0.1, 0.15) is 0 Å². The Morgan fingerprint density at radius 2 is 2.33 bits per heavy atom. The molecule has 4 nitrogen and oxygen atoms in total. The summed E-state index contributed by atoms with van der Waals surface area (Å²) in [5, 5.41) is 5.94. The van der Waals surface area contributed by atoms with Crippen molar-refractivity contribution in [3.05, 3.63) is 24.4 Å². The van der Waals surface area contributed by atoms with Gasteiger partial charge in [-0.05, 0) is 12.1 Å². The summed E-state index contributed by atoms with van der Waals surface area (Å²) in [6.07, 6.45) is 3.56. The standard InChI is InChI=1S/C8H10N4/c1-11-7-12(6-10-11)8-4-2-3-5-9-8/h2-6H,7H2,1H3. The van der Waals surface area contributed by atoms with E-state index in [1.54, 1.807) is 12.5 Å². The van der Waals surface area contributed by atoms with Crippen molar-refractivity contribution in [1.82, 2.24) is 9.99 Å². The zero-order valence-corrected chi connectivity index (χ0v) is 6.88. The van der Waals surface area contributed by atoms with E-state index in [-0.39, 0.29) is 0 Å². The topological polar surface area (TPSA) is 31.7 Å². The quantitative estimate of drug-likeness (QED) is 0.610. The predicted octanol–water partition coefficient (Wildman–Crippen LogP) is 0.734. The van der Waals surface area contributed by atoms with E-state index in [1.807, 2.05) is 35.2 Å². The molecule has 0 saturated carbocycles. The predicted molar refractivity (Wildman–Crippen MR) is 47.8 cm³/mol. The zero-order chi connectivity index (χ0) is 8.39. The number of hydrogen-bond donors (Lipinski definition) is 0. The molecule has 0 bridgehead atoms. The van der Waals surface area contributed by atoms with Gasteiger partial charge < -0.3 is 0 Å². The number of anilines is 1. The van der Waals surface area contributed by atoms with E-state index in [1.165, 1.54) is 0 Å². The molecule has 0 N–H and O–H groups in total. The summed E-state index contributed by atoms with van der Waals surface area (Å²) >= 11 is 0. The Hall–Kier alpha value is -1.58. The van der Waals surface area contributed by atoms with Gasteiger partial charge in [0.15, 0.2) is 0 Å². The number of pyridine rings is 1. The average molecular weight is 162 g/mol. The highest BCUT2D eigenvalue weighted by Crippen LogP contribution is 2.10. The molecule has 1 aromatic heterocycles. The monoisotopic (exact) mass is 162 g/mol. The van der Waals surface area contributed by atoms with Crippen molar-refractivity contribution in [3.8, 4) is 0 Å². The molecular weight excluding hydrogens is 152 g/mol. The third-order valence-corrected chi connectivity index (χ3v) is 1.69. The van der Waals surface area contributed by atoms with E-state index in [2.05, 4.69) is 10.1 Å². The van der Waals surface area contributed by atoms with Crippen LogP contribution in [0.15, 0.2) is 29.5 Å². The van der Waals surface area contributed by atoms with E-state index in [4.69, 9.17) is 0 Å². The molecule has 0 aliphatic carbocycles. The molecule has 1 aliphatic rings. The van der Waals surface area contributed by atoms with E-state index in [9.17, 15) is 0 Å². The summed E-state index contributed by atoms with van der Waals surface area (Å²) in [5.41, 5.74) is 0. The lowest BCUT2D eigenvalue weighted by atomic mass is 10.4. The molecule has 62 valence electrons. The van der Waals surface area contributed by atoms with Gasteiger partial charge in [0, 0.05) is 13.2 Å². The van der Waals surface area contributed by atoms with E-state index in [0.29, 0.717) is 0 Å². The van der Waals surface area contributed by atoms with Crippen molar-refractivity contribution in [2.75, 3.05) is 18.6 Å². The van der Waals surface area contributed by atoms with Crippen LogP contribution < -0.4 is 4.90 Å². The molecule has 0 aromatic carbocycles. The second-order valence-electron chi connectivity index (χ2n) is 2.69. The van der Waals surface area contributed by atoms with Gasteiger partial charge >= 0.3 is 0 Å². The van der Waals surface area contributed by atoms with E-state index >= 15 is 0 Å². The van der Waals surface area contributed by atoms with Crippen LogP contribution in [0, 0.1) is 0 Å². The maximum absolute atomic E-state index is 4.20. The summed E-state index contributed by atoms with van der Waals surface area (Å²) in [6.45, 7) is 0.775. The van der Waals surface area contributed by atoms with Gasteiger partial charge in [-0.15, -0.1) is 0 Å². The summed E-state index contributed by atoms with van der Waals surface area (Å²) in [4.78, 5) is 6.19.